The fourth-order valence-electron chi connectivity index (χ4n) is 2.16. The second-order valence-corrected chi connectivity index (χ2v) is 4.51. The van der Waals surface area contributed by atoms with Crippen molar-refractivity contribution in [3.63, 3.8) is 0 Å². The molecule has 0 aliphatic carbocycles. The average molecular weight is 242 g/mol. The Bertz CT molecular complexity index is 831. The van der Waals surface area contributed by atoms with E-state index < -0.39 is 0 Å². The number of benzene rings is 2. The quantitative estimate of drug-likeness (QED) is 0.444. The van der Waals surface area contributed by atoms with Crippen LogP contribution in [0, 0.1) is 19.7 Å². The van der Waals surface area contributed by atoms with Crippen molar-refractivity contribution in [3.8, 4) is 0 Å². The summed E-state index contributed by atoms with van der Waals surface area (Å²) >= 11 is 0. The first-order valence-electron chi connectivity index (χ1n) is 5.69. The summed E-state index contributed by atoms with van der Waals surface area (Å²) in [5, 5.41) is 1.87. The molecule has 3 rings (SSSR count). The minimum absolute atomic E-state index is 0.337. The van der Waals surface area contributed by atoms with Gasteiger partial charge in [-0.05, 0) is 49.2 Å². The normalized spacial score (nSPS) is 11.3. The molecular weight excluding hydrogens is 231 g/mol. The van der Waals surface area contributed by atoms with Crippen LogP contribution >= 0.6 is 0 Å². The zero-order chi connectivity index (χ0) is 12.9. The van der Waals surface area contributed by atoms with Gasteiger partial charge in [0.2, 0.25) is 0 Å². The van der Waals surface area contributed by atoms with Gasteiger partial charge in [-0.15, -0.1) is 0 Å². The Balaban J connectivity index is 2.63. The van der Waals surface area contributed by atoms with Gasteiger partial charge in [0.25, 0.3) is 0 Å². The van der Waals surface area contributed by atoms with Crippen LogP contribution in [0.4, 0.5) is 4.39 Å². The van der Waals surface area contributed by atoms with Crippen LogP contribution in [0.2, 0.25) is 0 Å². The molecule has 0 atom stereocenters. The molecule has 0 saturated carbocycles. The molecule has 18 heavy (non-hydrogen) atoms. The van der Waals surface area contributed by atoms with Gasteiger partial charge in [-0.3, -0.25) is 0 Å². The zero-order valence-electron chi connectivity index (χ0n) is 10.1. The maximum Gasteiger partial charge on any atom is 0.344 e. The summed E-state index contributed by atoms with van der Waals surface area (Å²) in [4.78, 5) is 11.9. The molecule has 0 saturated heterocycles. The molecule has 2 aromatic carbocycles. The summed E-state index contributed by atoms with van der Waals surface area (Å²) in [6, 6.07) is 7.87. The monoisotopic (exact) mass is 242 g/mol. The standard InChI is InChI=1S/C15H11FO2/c1-8-5-11-12-7-10(16)3-4-14(12)18-15(17)13(11)6-9(8)2/h3-7H,1-2H3. The van der Waals surface area contributed by atoms with Crippen molar-refractivity contribution in [2.45, 2.75) is 13.8 Å². The van der Waals surface area contributed by atoms with E-state index in [0.29, 0.717) is 16.4 Å². The minimum atomic E-state index is -0.382. The summed E-state index contributed by atoms with van der Waals surface area (Å²) < 4.78 is 18.5. The highest BCUT2D eigenvalue weighted by molar-refractivity contribution is 6.04. The van der Waals surface area contributed by atoms with Gasteiger partial charge in [-0.2, -0.15) is 0 Å². The maximum absolute atomic E-state index is 13.3. The summed E-state index contributed by atoms with van der Waals surface area (Å²) in [7, 11) is 0. The van der Waals surface area contributed by atoms with Gasteiger partial charge >= 0.3 is 5.63 Å². The molecule has 2 nitrogen and oxygen atoms in total. The molecule has 3 heteroatoms. The second kappa shape index (κ2) is 3.67. The van der Waals surface area contributed by atoms with Crippen LogP contribution < -0.4 is 5.63 Å². The van der Waals surface area contributed by atoms with Gasteiger partial charge in [-0.25, -0.2) is 9.18 Å². The highest BCUT2D eigenvalue weighted by atomic mass is 19.1. The maximum atomic E-state index is 13.3. The average Bonchev–Trinajstić information content (AvgIpc) is 2.33. The van der Waals surface area contributed by atoms with E-state index in [1.165, 1.54) is 18.2 Å². The topological polar surface area (TPSA) is 30.2 Å². The third kappa shape index (κ3) is 1.51. The number of fused-ring (bicyclic) bond motifs is 3. The molecule has 0 fully saturated rings. The lowest BCUT2D eigenvalue weighted by molar-refractivity contribution is 0.567. The Hall–Kier alpha value is -2.16. The van der Waals surface area contributed by atoms with E-state index in [0.717, 1.165) is 16.5 Å². The van der Waals surface area contributed by atoms with E-state index >= 15 is 0 Å². The zero-order valence-corrected chi connectivity index (χ0v) is 10.1. The highest BCUT2D eigenvalue weighted by Crippen LogP contribution is 2.25. The van der Waals surface area contributed by atoms with Gasteiger partial charge < -0.3 is 4.42 Å². The van der Waals surface area contributed by atoms with E-state index in [1.807, 2.05) is 19.9 Å². The van der Waals surface area contributed by atoms with Crippen molar-refractivity contribution in [1.29, 1.82) is 0 Å². The molecule has 0 aliphatic rings. The highest BCUT2D eigenvalue weighted by Gasteiger charge is 2.09. The molecule has 3 aromatic rings. The second-order valence-electron chi connectivity index (χ2n) is 4.51. The molecule has 0 spiro atoms. The van der Waals surface area contributed by atoms with Crippen molar-refractivity contribution >= 4 is 21.7 Å². The van der Waals surface area contributed by atoms with Crippen LogP contribution in [0.5, 0.6) is 0 Å². The van der Waals surface area contributed by atoms with Gasteiger partial charge in [-0.1, -0.05) is 6.07 Å². The molecule has 1 heterocycles. The number of rotatable bonds is 0. The van der Waals surface area contributed by atoms with Crippen molar-refractivity contribution in [1.82, 2.24) is 0 Å². The van der Waals surface area contributed by atoms with Gasteiger partial charge in [0.05, 0.1) is 5.39 Å². The first-order valence-corrected chi connectivity index (χ1v) is 5.69. The minimum Gasteiger partial charge on any atom is -0.422 e. The third-order valence-corrected chi connectivity index (χ3v) is 3.29. The smallest absolute Gasteiger partial charge is 0.344 e. The van der Waals surface area contributed by atoms with E-state index in [2.05, 4.69) is 0 Å². The van der Waals surface area contributed by atoms with Crippen LogP contribution in [0.3, 0.4) is 0 Å². The molecule has 0 amide bonds. The fraction of sp³-hybridized carbons (Fsp3) is 0.133. The van der Waals surface area contributed by atoms with Crippen LogP contribution in [0.15, 0.2) is 39.5 Å². The van der Waals surface area contributed by atoms with Crippen molar-refractivity contribution < 1.29 is 8.81 Å². The Morgan fingerprint density at radius 1 is 0.944 bits per heavy atom. The number of hydrogen-bond acceptors (Lipinski definition) is 2. The van der Waals surface area contributed by atoms with Crippen molar-refractivity contribution in [3.05, 3.63) is 57.7 Å². The molecular formula is C15H11FO2. The first-order chi connectivity index (χ1) is 8.56. The lowest BCUT2D eigenvalue weighted by Crippen LogP contribution is -2.01. The van der Waals surface area contributed by atoms with Crippen LogP contribution in [0.1, 0.15) is 11.1 Å². The summed E-state index contributed by atoms with van der Waals surface area (Å²) in [5.41, 5.74) is 2.12. The van der Waals surface area contributed by atoms with E-state index in [4.69, 9.17) is 4.42 Å². The van der Waals surface area contributed by atoms with Crippen molar-refractivity contribution in [2.24, 2.45) is 0 Å². The molecule has 1 aromatic heterocycles. The molecule has 90 valence electrons. The predicted molar refractivity (Wildman–Crippen MR) is 69.4 cm³/mol. The van der Waals surface area contributed by atoms with Crippen LogP contribution in [0.25, 0.3) is 21.7 Å². The lowest BCUT2D eigenvalue weighted by Gasteiger charge is -2.06. The largest absolute Gasteiger partial charge is 0.422 e. The Kier molecular flexibility index (Phi) is 2.23. The lowest BCUT2D eigenvalue weighted by atomic mass is 10.0. The Morgan fingerprint density at radius 2 is 1.61 bits per heavy atom. The molecule has 0 bridgehead atoms. The van der Waals surface area contributed by atoms with Gasteiger partial charge in [0, 0.05) is 10.8 Å². The fourth-order valence-corrected chi connectivity index (χ4v) is 2.16. The molecule has 0 radical (unpaired) electrons. The van der Waals surface area contributed by atoms with Gasteiger partial charge in [0.1, 0.15) is 11.4 Å². The van der Waals surface area contributed by atoms with Crippen molar-refractivity contribution in [2.75, 3.05) is 0 Å². The summed E-state index contributed by atoms with van der Waals surface area (Å²) in [6.07, 6.45) is 0. The molecule has 0 aliphatic heterocycles. The predicted octanol–water partition coefficient (Wildman–Crippen LogP) is 3.70. The van der Waals surface area contributed by atoms with E-state index in [-0.39, 0.29) is 11.4 Å². The van der Waals surface area contributed by atoms with Crippen LogP contribution in [-0.4, -0.2) is 0 Å². The van der Waals surface area contributed by atoms with E-state index in [1.54, 1.807) is 6.07 Å². The molecule has 0 N–H and O–H groups in total. The molecule has 0 unspecified atom stereocenters. The first kappa shape index (κ1) is 11.0. The summed E-state index contributed by atoms with van der Waals surface area (Å²) in [5.74, 6) is -0.337. The van der Waals surface area contributed by atoms with Crippen LogP contribution in [-0.2, 0) is 0 Å². The number of halogens is 1. The summed E-state index contributed by atoms with van der Waals surface area (Å²) in [6.45, 7) is 3.90. The third-order valence-electron chi connectivity index (χ3n) is 3.29. The Morgan fingerprint density at radius 3 is 2.33 bits per heavy atom. The Labute approximate surface area is 103 Å². The number of hydrogen-bond donors (Lipinski definition) is 0. The SMILES string of the molecule is Cc1cc2c(=O)oc3ccc(F)cc3c2cc1C. The van der Waals surface area contributed by atoms with Gasteiger partial charge in [0.15, 0.2) is 0 Å². The van der Waals surface area contributed by atoms with E-state index in [9.17, 15) is 9.18 Å². The number of aryl methyl sites for hydroxylation is 2.